The highest BCUT2D eigenvalue weighted by Gasteiger charge is 2.24. The molecule has 2 aliphatic heterocycles. The van der Waals surface area contributed by atoms with Crippen LogP contribution in [0.15, 0.2) is 42.6 Å². The second kappa shape index (κ2) is 7.11. The Morgan fingerprint density at radius 3 is 2.84 bits per heavy atom. The minimum absolute atomic E-state index is 0.171. The Balaban J connectivity index is 1.30. The van der Waals surface area contributed by atoms with Crippen molar-refractivity contribution < 1.29 is 14.3 Å². The molecule has 0 radical (unpaired) electrons. The average molecular weight is 339 g/mol. The average Bonchev–Trinajstić information content (AvgIpc) is 3.11. The van der Waals surface area contributed by atoms with Gasteiger partial charge in [0.25, 0.3) is 0 Å². The van der Waals surface area contributed by atoms with Crippen LogP contribution >= 0.6 is 0 Å². The second-order valence-electron chi connectivity index (χ2n) is 6.35. The second-order valence-corrected chi connectivity index (χ2v) is 6.35. The smallest absolute Gasteiger partial charge is 0.237 e. The van der Waals surface area contributed by atoms with Crippen molar-refractivity contribution in [2.24, 2.45) is 0 Å². The van der Waals surface area contributed by atoms with Gasteiger partial charge in [0.05, 0.1) is 6.54 Å². The zero-order chi connectivity index (χ0) is 17.1. The van der Waals surface area contributed by atoms with Crippen LogP contribution in [0.3, 0.4) is 0 Å². The predicted molar refractivity (Wildman–Crippen MR) is 92.4 cm³/mol. The first kappa shape index (κ1) is 15.9. The van der Waals surface area contributed by atoms with Gasteiger partial charge in [-0.1, -0.05) is 12.1 Å². The lowest BCUT2D eigenvalue weighted by atomic mass is 10.1. The molecule has 0 bridgehead atoms. The third-order valence-electron chi connectivity index (χ3n) is 4.62. The van der Waals surface area contributed by atoms with Gasteiger partial charge < -0.3 is 14.4 Å². The van der Waals surface area contributed by atoms with E-state index in [-0.39, 0.29) is 12.7 Å². The summed E-state index contributed by atoms with van der Waals surface area (Å²) in [5, 5.41) is 0. The van der Waals surface area contributed by atoms with Gasteiger partial charge in [-0.15, -0.1) is 0 Å². The zero-order valence-corrected chi connectivity index (χ0v) is 14.1. The fourth-order valence-electron chi connectivity index (χ4n) is 3.19. The number of piperazine rings is 1. The van der Waals surface area contributed by atoms with E-state index in [1.165, 1.54) is 0 Å². The van der Waals surface area contributed by atoms with E-state index in [0.29, 0.717) is 13.1 Å². The molecule has 2 aromatic rings. The summed E-state index contributed by atoms with van der Waals surface area (Å²) in [6.07, 6.45) is 2.68. The molecule has 0 atom stereocenters. The summed E-state index contributed by atoms with van der Waals surface area (Å²) < 4.78 is 10.7. The van der Waals surface area contributed by atoms with Gasteiger partial charge in [-0.3, -0.25) is 14.7 Å². The molecule has 0 N–H and O–H groups in total. The van der Waals surface area contributed by atoms with E-state index in [1.54, 1.807) is 0 Å². The van der Waals surface area contributed by atoms with Crippen molar-refractivity contribution >= 4 is 5.91 Å². The van der Waals surface area contributed by atoms with Crippen molar-refractivity contribution in [3.05, 3.63) is 53.9 Å². The number of pyridine rings is 1. The molecule has 1 saturated heterocycles. The van der Waals surface area contributed by atoms with E-state index in [2.05, 4.69) is 9.88 Å². The molecule has 0 aliphatic carbocycles. The normalized spacial score (nSPS) is 17.1. The van der Waals surface area contributed by atoms with Gasteiger partial charge in [0.15, 0.2) is 11.5 Å². The van der Waals surface area contributed by atoms with E-state index in [1.807, 2.05) is 47.5 Å². The van der Waals surface area contributed by atoms with Crippen molar-refractivity contribution in [2.75, 3.05) is 33.0 Å². The van der Waals surface area contributed by atoms with E-state index in [9.17, 15) is 4.79 Å². The highest BCUT2D eigenvalue weighted by molar-refractivity contribution is 5.79. The third kappa shape index (κ3) is 3.74. The lowest BCUT2D eigenvalue weighted by Gasteiger charge is -2.34. The minimum Gasteiger partial charge on any atom is -0.454 e. The maximum atomic E-state index is 12.5. The maximum Gasteiger partial charge on any atom is 0.237 e. The van der Waals surface area contributed by atoms with Crippen LogP contribution in [0.4, 0.5) is 0 Å². The number of amides is 1. The summed E-state index contributed by atoms with van der Waals surface area (Å²) in [6.45, 7) is 3.85. The third-order valence-corrected chi connectivity index (χ3v) is 4.62. The molecule has 2 aliphatic rings. The molecular weight excluding hydrogens is 318 g/mol. The number of hydrogen-bond donors (Lipinski definition) is 0. The summed E-state index contributed by atoms with van der Waals surface area (Å²) in [5.74, 6) is 1.71. The van der Waals surface area contributed by atoms with Crippen LogP contribution in [-0.4, -0.2) is 53.7 Å². The molecule has 0 unspecified atom stereocenters. The van der Waals surface area contributed by atoms with Gasteiger partial charge in [0, 0.05) is 44.5 Å². The number of rotatable bonds is 5. The number of carbonyl (C=O) groups excluding carboxylic acids is 1. The van der Waals surface area contributed by atoms with Crippen LogP contribution in [0.2, 0.25) is 0 Å². The Kier molecular flexibility index (Phi) is 4.52. The molecule has 4 rings (SSSR count). The van der Waals surface area contributed by atoms with Gasteiger partial charge in [0.1, 0.15) is 0 Å². The van der Waals surface area contributed by atoms with E-state index in [0.717, 1.165) is 48.8 Å². The van der Waals surface area contributed by atoms with Crippen LogP contribution < -0.4 is 9.47 Å². The van der Waals surface area contributed by atoms with Crippen LogP contribution in [0, 0.1) is 0 Å². The molecule has 6 nitrogen and oxygen atoms in total. The first-order valence-electron chi connectivity index (χ1n) is 8.56. The van der Waals surface area contributed by atoms with Crippen molar-refractivity contribution in [1.29, 1.82) is 0 Å². The lowest BCUT2D eigenvalue weighted by molar-refractivity contribution is -0.136. The summed E-state index contributed by atoms with van der Waals surface area (Å²) in [7, 11) is 0. The topological polar surface area (TPSA) is 54.9 Å². The molecule has 1 amide bonds. The summed E-state index contributed by atoms with van der Waals surface area (Å²) in [4.78, 5) is 20.9. The quantitative estimate of drug-likeness (QED) is 0.830. The molecule has 130 valence electrons. The van der Waals surface area contributed by atoms with Crippen molar-refractivity contribution in [3.8, 4) is 11.5 Å². The van der Waals surface area contributed by atoms with Gasteiger partial charge >= 0.3 is 0 Å². The molecule has 6 heteroatoms. The van der Waals surface area contributed by atoms with Gasteiger partial charge in [0.2, 0.25) is 12.7 Å². The Labute approximate surface area is 147 Å². The molecule has 0 saturated carbocycles. The number of benzene rings is 1. The first-order chi connectivity index (χ1) is 12.3. The van der Waals surface area contributed by atoms with Crippen LogP contribution in [-0.2, 0) is 17.8 Å². The Hall–Kier alpha value is -2.60. The zero-order valence-electron chi connectivity index (χ0n) is 14.1. The Morgan fingerprint density at radius 2 is 2.00 bits per heavy atom. The molecule has 1 fully saturated rings. The maximum absolute atomic E-state index is 12.5. The first-order valence-corrected chi connectivity index (χ1v) is 8.56. The Bertz CT molecular complexity index is 751. The van der Waals surface area contributed by atoms with Crippen molar-refractivity contribution in [1.82, 2.24) is 14.8 Å². The van der Waals surface area contributed by atoms with E-state index < -0.39 is 0 Å². The fraction of sp³-hybridized carbons (Fsp3) is 0.368. The monoisotopic (exact) mass is 339 g/mol. The number of hydrogen-bond acceptors (Lipinski definition) is 5. The van der Waals surface area contributed by atoms with E-state index >= 15 is 0 Å². The van der Waals surface area contributed by atoms with E-state index in [4.69, 9.17) is 9.47 Å². The summed E-state index contributed by atoms with van der Waals surface area (Å²) in [5.41, 5.74) is 2.14. The highest BCUT2D eigenvalue weighted by atomic mass is 16.7. The molecule has 0 spiro atoms. The fourth-order valence-corrected chi connectivity index (χ4v) is 3.19. The molecule has 1 aromatic heterocycles. The lowest BCUT2D eigenvalue weighted by Crippen LogP contribution is -2.50. The standard InChI is InChI=1S/C19H21N3O3/c23-19-13-21(8-6-16-3-1-2-7-20-16)9-10-22(19)12-15-4-5-17-18(11-15)25-14-24-17/h1-5,7,11H,6,8-10,12-14H2. The molecule has 3 heterocycles. The minimum atomic E-state index is 0.171. The number of fused-ring (bicyclic) bond motifs is 1. The van der Waals surface area contributed by atoms with Crippen molar-refractivity contribution in [3.63, 3.8) is 0 Å². The summed E-state index contributed by atoms with van der Waals surface area (Å²) >= 11 is 0. The van der Waals surface area contributed by atoms with Gasteiger partial charge in [-0.05, 0) is 29.8 Å². The number of ether oxygens (including phenoxy) is 2. The Morgan fingerprint density at radius 1 is 1.08 bits per heavy atom. The van der Waals surface area contributed by atoms with Crippen LogP contribution in [0.5, 0.6) is 11.5 Å². The number of carbonyl (C=O) groups is 1. The van der Waals surface area contributed by atoms with Crippen LogP contribution in [0.25, 0.3) is 0 Å². The number of aromatic nitrogens is 1. The molecular formula is C19H21N3O3. The van der Waals surface area contributed by atoms with Gasteiger partial charge in [-0.25, -0.2) is 0 Å². The van der Waals surface area contributed by atoms with Crippen molar-refractivity contribution in [2.45, 2.75) is 13.0 Å². The summed E-state index contributed by atoms with van der Waals surface area (Å²) in [6, 6.07) is 11.8. The number of nitrogens with zero attached hydrogens (tertiary/aromatic N) is 3. The molecule has 25 heavy (non-hydrogen) atoms. The largest absolute Gasteiger partial charge is 0.454 e. The SMILES string of the molecule is O=C1CN(CCc2ccccn2)CCN1Cc1ccc2c(c1)OCO2. The van der Waals surface area contributed by atoms with Crippen LogP contribution in [0.1, 0.15) is 11.3 Å². The van der Waals surface area contributed by atoms with Gasteiger partial charge in [-0.2, -0.15) is 0 Å². The highest BCUT2D eigenvalue weighted by Crippen LogP contribution is 2.32. The molecule has 1 aromatic carbocycles. The predicted octanol–water partition coefficient (Wildman–Crippen LogP) is 1.70.